The van der Waals surface area contributed by atoms with Crippen molar-refractivity contribution in [2.75, 3.05) is 20.3 Å². The van der Waals surface area contributed by atoms with Gasteiger partial charge in [-0.15, -0.1) is 0 Å². The standard InChI is InChI=1S/C12H21N3O/c1-9-12(10-4-6-16-7-5-10)14-11(8-13-2)15(9)3/h10,13H,4-8H2,1-3H3. The highest BCUT2D eigenvalue weighted by molar-refractivity contribution is 5.20. The minimum Gasteiger partial charge on any atom is -0.381 e. The highest BCUT2D eigenvalue weighted by atomic mass is 16.5. The van der Waals surface area contributed by atoms with Crippen molar-refractivity contribution in [3.63, 3.8) is 0 Å². The fourth-order valence-corrected chi connectivity index (χ4v) is 2.33. The maximum atomic E-state index is 5.40. The highest BCUT2D eigenvalue weighted by Gasteiger charge is 2.22. The van der Waals surface area contributed by atoms with Crippen LogP contribution in [0.3, 0.4) is 0 Å². The van der Waals surface area contributed by atoms with Gasteiger partial charge in [-0.2, -0.15) is 0 Å². The van der Waals surface area contributed by atoms with Gasteiger partial charge in [-0.1, -0.05) is 0 Å². The van der Waals surface area contributed by atoms with Crippen LogP contribution in [0.4, 0.5) is 0 Å². The van der Waals surface area contributed by atoms with E-state index in [4.69, 9.17) is 9.72 Å². The zero-order valence-corrected chi connectivity index (χ0v) is 10.4. The van der Waals surface area contributed by atoms with Crippen LogP contribution in [0.15, 0.2) is 0 Å². The van der Waals surface area contributed by atoms with Crippen LogP contribution in [0.25, 0.3) is 0 Å². The second-order valence-corrected chi connectivity index (χ2v) is 4.47. The third kappa shape index (κ3) is 2.13. The smallest absolute Gasteiger partial charge is 0.122 e. The van der Waals surface area contributed by atoms with Crippen LogP contribution in [-0.4, -0.2) is 29.8 Å². The predicted octanol–water partition coefficient (Wildman–Crippen LogP) is 1.34. The largest absolute Gasteiger partial charge is 0.381 e. The zero-order valence-electron chi connectivity index (χ0n) is 10.4. The van der Waals surface area contributed by atoms with E-state index in [1.807, 2.05) is 7.05 Å². The van der Waals surface area contributed by atoms with Gasteiger partial charge >= 0.3 is 0 Å². The van der Waals surface area contributed by atoms with Crippen LogP contribution in [0, 0.1) is 6.92 Å². The fourth-order valence-electron chi connectivity index (χ4n) is 2.33. The minimum atomic E-state index is 0.588. The molecule has 1 aliphatic heterocycles. The second kappa shape index (κ2) is 4.97. The van der Waals surface area contributed by atoms with E-state index in [0.29, 0.717) is 5.92 Å². The lowest BCUT2D eigenvalue weighted by molar-refractivity contribution is 0.0844. The van der Waals surface area contributed by atoms with Gasteiger partial charge < -0.3 is 14.6 Å². The van der Waals surface area contributed by atoms with E-state index < -0.39 is 0 Å². The molecule has 2 rings (SSSR count). The Balaban J connectivity index is 2.22. The summed E-state index contributed by atoms with van der Waals surface area (Å²) in [5.41, 5.74) is 2.58. The average molecular weight is 223 g/mol. The molecule has 0 bridgehead atoms. The molecule has 0 unspecified atom stereocenters. The quantitative estimate of drug-likeness (QED) is 0.840. The minimum absolute atomic E-state index is 0.588. The molecule has 0 atom stereocenters. The lowest BCUT2D eigenvalue weighted by atomic mass is 9.95. The van der Waals surface area contributed by atoms with Gasteiger partial charge in [-0.05, 0) is 26.8 Å². The molecule has 0 aliphatic carbocycles. The monoisotopic (exact) mass is 223 g/mol. The second-order valence-electron chi connectivity index (χ2n) is 4.47. The molecule has 0 amide bonds. The molecule has 4 nitrogen and oxygen atoms in total. The summed E-state index contributed by atoms with van der Waals surface area (Å²) in [6, 6.07) is 0. The Morgan fingerprint density at radius 1 is 1.44 bits per heavy atom. The Morgan fingerprint density at radius 3 is 2.75 bits per heavy atom. The topological polar surface area (TPSA) is 39.1 Å². The molecule has 4 heteroatoms. The number of ether oxygens (including phenoxy) is 1. The van der Waals surface area contributed by atoms with E-state index in [0.717, 1.165) is 38.4 Å². The van der Waals surface area contributed by atoms with Crippen molar-refractivity contribution in [2.45, 2.75) is 32.2 Å². The molecule has 90 valence electrons. The van der Waals surface area contributed by atoms with Crippen molar-refractivity contribution in [3.05, 3.63) is 17.2 Å². The molecule has 0 saturated carbocycles. The Kier molecular flexibility index (Phi) is 3.61. The Labute approximate surface area is 97.0 Å². The number of nitrogens with one attached hydrogen (secondary N) is 1. The van der Waals surface area contributed by atoms with Crippen LogP contribution < -0.4 is 5.32 Å². The number of aromatic nitrogens is 2. The SMILES string of the molecule is CNCc1nc(C2CCOCC2)c(C)n1C. The number of hydrogen-bond acceptors (Lipinski definition) is 3. The Bertz CT molecular complexity index is 353. The lowest BCUT2D eigenvalue weighted by Gasteiger charge is -2.21. The number of nitrogens with zero attached hydrogens (tertiary/aromatic N) is 2. The van der Waals surface area contributed by atoms with E-state index in [2.05, 4.69) is 23.9 Å². The first kappa shape index (κ1) is 11.6. The maximum absolute atomic E-state index is 5.40. The van der Waals surface area contributed by atoms with Gasteiger partial charge in [-0.25, -0.2) is 4.98 Å². The molecular weight excluding hydrogens is 202 g/mol. The molecule has 2 heterocycles. The molecule has 0 radical (unpaired) electrons. The van der Waals surface area contributed by atoms with Crippen molar-refractivity contribution in [1.29, 1.82) is 0 Å². The molecule has 1 aromatic heterocycles. The summed E-state index contributed by atoms with van der Waals surface area (Å²) in [6.07, 6.45) is 2.22. The van der Waals surface area contributed by atoms with E-state index in [1.165, 1.54) is 11.4 Å². The third-order valence-corrected chi connectivity index (χ3v) is 3.45. The van der Waals surface area contributed by atoms with Crippen molar-refractivity contribution in [1.82, 2.24) is 14.9 Å². The summed E-state index contributed by atoms with van der Waals surface area (Å²) in [5.74, 6) is 1.71. The summed E-state index contributed by atoms with van der Waals surface area (Å²) in [6.45, 7) is 4.75. The third-order valence-electron chi connectivity index (χ3n) is 3.45. The molecule has 1 aromatic rings. The number of imidazole rings is 1. The van der Waals surface area contributed by atoms with Gasteiger partial charge in [0, 0.05) is 31.9 Å². The van der Waals surface area contributed by atoms with Gasteiger partial charge in [0.15, 0.2) is 0 Å². The van der Waals surface area contributed by atoms with Gasteiger partial charge in [-0.3, -0.25) is 0 Å². The number of rotatable bonds is 3. The number of hydrogen-bond donors (Lipinski definition) is 1. The van der Waals surface area contributed by atoms with Crippen LogP contribution in [0.2, 0.25) is 0 Å². The van der Waals surface area contributed by atoms with Crippen molar-refractivity contribution in [2.24, 2.45) is 7.05 Å². The lowest BCUT2D eigenvalue weighted by Crippen LogP contribution is -2.15. The predicted molar refractivity (Wildman–Crippen MR) is 63.5 cm³/mol. The first-order valence-electron chi connectivity index (χ1n) is 5.98. The van der Waals surface area contributed by atoms with Gasteiger partial charge in [0.2, 0.25) is 0 Å². The van der Waals surface area contributed by atoms with Crippen molar-refractivity contribution < 1.29 is 4.74 Å². The fraction of sp³-hybridized carbons (Fsp3) is 0.750. The van der Waals surface area contributed by atoms with Crippen molar-refractivity contribution >= 4 is 0 Å². The zero-order chi connectivity index (χ0) is 11.5. The molecule has 1 aliphatic rings. The highest BCUT2D eigenvalue weighted by Crippen LogP contribution is 2.28. The molecule has 0 aromatic carbocycles. The van der Waals surface area contributed by atoms with Gasteiger partial charge in [0.1, 0.15) is 5.82 Å². The van der Waals surface area contributed by atoms with Crippen LogP contribution in [-0.2, 0) is 18.3 Å². The molecular formula is C12H21N3O. The van der Waals surface area contributed by atoms with E-state index in [1.54, 1.807) is 0 Å². The summed E-state index contributed by atoms with van der Waals surface area (Å²) in [7, 11) is 4.05. The molecule has 1 N–H and O–H groups in total. The van der Waals surface area contributed by atoms with E-state index in [-0.39, 0.29) is 0 Å². The van der Waals surface area contributed by atoms with Gasteiger partial charge in [0.05, 0.1) is 12.2 Å². The maximum Gasteiger partial charge on any atom is 0.122 e. The first-order chi connectivity index (χ1) is 7.74. The van der Waals surface area contributed by atoms with Crippen molar-refractivity contribution in [3.8, 4) is 0 Å². The molecule has 16 heavy (non-hydrogen) atoms. The molecule has 0 spiro atoms. The molecule has 1 saturated heterocycles. The molecule has 1 fully saturated rings. The van der Waals surface area contributed by atoms with Crippen LogP contribution >= 0.6 is 0 Å². The normalized spacial score (nSPS) is 17.9. The average Bonchev–Trinajstić information content (AvgIpc) is 2.59. The van der Waals surface area contributed by atoms with Crippen LogP contribution in [0.5, 0.6) is 0 Å². The summed E-state index contributed by atoms with van der Waals surface area (Å²) >= 11 is 0. The first-order valence-corrected chi connectivity index (χ1v) is 5.98. The van der Waals surface area contributed by atoms with Gasteiger partial charge in [0.25, 0.3) is 0 Å². The summed E-state index contributed by atoms with van der Waals surface area (Å²) < 4.78 is 7.59. The summed E-state index contributed by atoms with van der Waals surface area (Å²) in [5, 5.41) is 3.16. The Hall–Kier alpha value is -0.870. The van der Waals surface area contributed by atoms with E-state index >= 15 is 0 Å². The summed E-state index contributed by atoms with van der Waals surface area (Å²) in [4.78, 5) is 4.77. The van der Waals surface area contributed by atoms with Crippen LogP contribution in [0.1, 0.15) is 36.0 Å². The van der Waals surface area contributed by atoms with E-state index in [9.17, 15) is 0 Å². The Morgan fingerprint density at radius 2 is 2.12 bits per heavy atom.